The van der Waals surface area contributed by atoms with Crippen molar-refractivity contribution < 1.29 is 23.9 Å². The molecule has 2 atom stereocenters. The van der Waals surface area contributed by atoms with Gasteiger partial charge in [0, 0.05) is 19.0 Å². The molecule has 0 aliphatic heterocycles. The number of primary amides is 1. The summed E-state index contributed by atoms with van der Waals surface area (Å²) in [6.45, 7) is 9.34. The van der Waals surface area contributed by atoms with Gasteiger partial charge in [-0.25, -0.2) is 4.79 Å². The third-order valence-corrected chi connectivity index (χ3v) is 6.42. The van der Waals surface area contributed by atoms with Crippen LogP contribution < -0.4 is 16.4 Å². The molecule has 39 heavy (non-hydrogen) atoms. The highest BCUT2D eigenvalue weighted by molar-refractivity contribution is 5.93. The van der Waals surface area contributed by atoms with Crippen molar-refractivity contribution >= 4 is 23.8 Å². The Labute approximate surface area is 230 Å². The molecule has 9 nitrogen and oxygen atoms in total. The molecule has 0 saturated heterocycles. The number of rotatable bonds is 11. The molecule has 1 aliphatic rings. The Morgan fingerprint density at radius 3 is 2.28 bits per heavy atom. The summed E-state index contributed by atoms with van der Waals surface area (Å²) in [5, 5.41) is 5.63. The summed E-state index contributed by atoms with van der Waals surface area (Å²) < 4.78 is 5.38. The van der Waals surface area contributed by atoms with Crippen molar-refractivity contribution in [3.63, 3.8) is 0 Å². The van der Waals surface area contributed by atoms with Gasteiger partial charge in [0.05, 0.1) is 0 Å². The van der Waals surface area contributed by atoms with Crippen LogP contribution in [-0.4, -0.2) is 46.4 Å². The number of nitrogens with two attached hydrogens (primary N) is 1. The van der Waals surface area contributed by atoms with Crippen molar-refractivity contribution in [1.29, 1.82) is 0 Å². The van der Waals surface area contributed by atoms with E-state index >= 15 is 0 Å². The number of hydrogen-bond acceptors (Lipinski definition) is 5. The molecule has 2 aromatic carbocycles. The van der Waals surface area contributed by atoms with E-state index in [9.17, 15) is 19.2 Å². The minimum absolute atomic E-state index is 0.0120. The molecular weight excluding hydrogens is 496 g/mol. The Bertz CT molecular complexity index is 1190. The zero-order valence-electron chi connectivity index (χ0n) is 23.5. The molecule has 4 N–H and O–H groups in total. The molecule has 1 fully saturated rings. The first kappa shape index (κ1) is 29.7. The highest BCUT2D eigenvalue weighted by Crippen LogP contribution is 2.37. The number of carbonyl (C=O) groups is 4. The summed E-state index contributed by atoms with van der Waals surface area (Å²) >= 11 is 0. The number of nitrogens with zero attached hydrogens (tertiary/aromatic N) is 1. The third-order valence-electron chi connectivity index (χ3n) is 6.42. The summed E-state index contributed by atoms with van der Waals surface area (Å²) in [4.78, 5) is 53.8. The van der Waals surface area contributed by atoms with Gasteiger partial charge < -0.3 is 26.0 Å². The molecule has 0 bridgehead atoms. The first-order valence-corrected chi connectivity index (χ1v) is 13.3. The number of amides is 4. The Morgan fingerprint density at radius 2 is 1.72 bits per heavy atom. The summed E-state index contributed by atoms with van der Waals surface area (Å²) in [7, 11) is 0. The van der Waals surface area contributed by atoms with Crippen LogP contribution in [0.5, 0.6) is 0 Å². The molecule has 3 rings (SSSR count). The predicted molar refractivity (Wildman–Crippen MR) is 148 cm³/mol. The van der Waals surface area contributed by atoms with Gasteiger partial charge in [0.1, 0.15) is 17.7 Å². The van der Waals surface area contributed by atoms with Crippen molar-refractivity contribution in [1.82, 2.24) is 15.5 Å². The number of alkyl carbamates (subject to hydrolysis) is 1. The van der Waals surface area contributed by atoms with Crippen LogP contribution in [0.3, 0.4) is 0 Å². The number of nitrogens with one attached hydrogen (secondary N) is 2. The average Bonchev–Trinajstić information content (AvgIpc) is 3.68. The summed E-state index contributed by atoms with van der Waals surface area (Å²) in [5.41, 5.74) is 8.15. The number of ether oxygens (including phenoxy) is 1. The molecule has 1 aliphatic carbocycles. The van der Waals surface area contributed by atoms with Gasteiger partial charge in [-0.3, -0.25) is 14.4 Å². The summed E-state index contributed by atoms with van der Waals surface area (Å²) in [6, 6.07) is 13.1. The highest BCUT2D eigenvalue weighted by Gasteiger charge is 2.44. The van der Waals surface area contributed by atoms with E-state index in [2.05, 4.69) is 10.6 Å². The van der Waals surface area contributed by atoms with E-state index in [-0.39, 0.29) is 24.8 Å². The van der Waals surface area contributed by atoms with Gasteiger partial charge in [-0.1, -0.05) is 54.1 Å². The lowest BCUT2D eigenvalue weighted by molar-refractivity contribution is -0.143. The molecule has 210 valence electrons. The Hall–Kier alpha value is -3.88. The molecule has 1 saturated carbocycles. The molecule has 9 heteroatoms. The van der Waals surface area contributed by atoms with Gasteiger partial charge in [-0.05, 0) is 70.6 Å². The van der Waals surface area contributed by atoms with E-state index in [4.69, 9.17) is 10.5 Å². The minimum atomic E-state index is -1.09. The monoisotopic (exact) mass is 536 g/mol. The van der Waals surface area contributed by atoms with Gasteiger partial charge in [0.15, 0.2) is 0 Å². The van der Waals surface area contributed by atoms with Gasteiger partial charge in [-0.2, -0.15) is 0 Å². The first-order valence-electron chi connectivity index (χ1n) is 13.3. The quantitative estimate of drug-likeness (QED) is 0.402. The van der Waals surface area contributed by atoms with Gasteiger partial charge in [0.2, 0.25) is 17.7 Å². The van der Waals surface area contributed by atoms with Crippen LogP contribution in [-0.2, 0) is 25.7 Å². The van der Waals surface area contributed by atoms with E-state index in [0.29, 0.717) is 12.1 Å². The average molecular weight is 537 g/mol. The molecule has 2 aromatic rings. The van der Waals surface area contributed by atoms with E-state index in [1.54, 1.807) is 25.7 Å². The minimum Gasteiger partial charge on any atom is -0.444 e. The number of aryl methyl sites for hydroxylation is 2. The second-order valence-corrected chi connectivity index (χ2v) is 11.1. The lowest BCUT2D eigenvalue weighted by Crippen LogP contribution is -2.54. The van der Waals surface area contributed by atoms with Crippen LogP contribution in [0, 0.1) is 13.8 Å². The SMILES string of the molecule is Cc1ccc(C(C(=O)NCc2ccccc2)N(C(=O)C(CCC(N)=O)NC(=O)OC(C)(C)C)C2CC2)c(C)c1. The molecule has 0 heterocycles. The van der Waals surface area contributed by atoms with Crippen LogP contribution in [0.1, 0.15) is 74.8 Å². The van der Waals surface area contributed by atoms with Gasteiger partial charge >= 0.3 is 6.09 Å². The predicted octanol–water partition coefficient (Wildman–Crippen LogP) is 3.81. The molecule has 0 aromatic heterocycles. The zero-order valence-corrected chi connectivity index (χ0v) is 23.5. The second kappa shape index (κ2) is 12.8. The van der Waals surface area contributed by atoms with E-state index in [1.807, 2.05) is 62.4 Å². The molecular formula is C30H40N4O5. The fraction of sp³-hybridized carbons (Fsp3) is 0.467. The Kier molecular flexibility index (Phi) is 9.72. The maximum atomic E-state index is 14.1. The maximum absolute atomic E-state index is 14.1. The van der Waals surface area contributed by atoms with Crippen molar-refractivity contribution in [2.24, 2.45) is 5.73 Å². The third kappa shape index (κ3) is 8.84. The van der Waals surface area contributed by atoms with Crippen LogP contribution >= 0.6 is 0 Å². The van der Waals surface area contributed by atoms with Crippen molar-refractivity contribution in [2.75, 3.05) is 0 Å². The fourth-order valence-corrected chi connectivity index (χ4v) is 4.48. The van der Waals surface area contributed by atoms with Crippen molar-refractivity contribution in [3.8, 4) is 0 Å². The zero-order chi connectivity index (χ0) is 28.7. The Morgan fingerprint density at radius 1 is 1.05 bits per heavy atom. The second-order valence-electron chi connectivity index (χ2n) is 11.1. The largest absolute Gasteiger partial charge is 0.444 e. The highest BCUT2D eigenvalue weighted by atomic mass is 16.6. The molecule has 2 unspecified atom stereocenters. The van der Waals surface area contributed by atoms with Crippen molar-refractivity contribution in [2.45, 2.75) is 90.6 Å². The van der Waals surface area contributed by atoms with E-state index < -0.39 is 35.6 Å². The number of hydrogen-bond donors (Lipinski definition) is 3. The van der Waals surface area contributed by atoms with E-state index in [0.717, 1.165) is 29.5 Å². The Balaban J connectivity index is 1.97. The normalized spacial score (nSPS) is 14.6. The lowest BCUT2D eigenvalue weighted by atomic mass is 9.95. The van der Waals surface area contributed by atoms with Crippen molar-refractivity contribution in [3.05, 3.63) is 70.8 Å². The summed E-state index contributed by atoms with van der Waals surface area (Å²) in [5.74, 6) is -1.37. The topological polar surface area (TPSA) is 131 Å². The van der Waals surface area contributed by atoms with E-state index in [1.165, 1.54) is 0 Å². The lowest BCUT2D eigenvalue weighted by Gasteiger charge is -2.35. The molecule has 0 radical (unpaired) electrons. The number of benzene rings is 2. The maximum Gasteiger partial charge on any atom is 0.408 e. The first-order chi connectivity index (χ1) is 18.4. The van der Waals surface area contributed by atoms with Crippen LogP contribution in [0.2, 0.25) is 0 Å². The molecule has 4 amide bonds. The van der Waals surface area contributed by atoms with Crippen LogP contribution in [0.25, 0.3) is 0 Å². The smallest absolute Gasteiger partial charge is 0.408 e. The van der Waals surface area contributed by atoms with Gasteiger partial charge in [-0.15, -0.1) is 0 Å². The van der Waals surface area contributed by atoms with Crippen LogP contribution in [0.4, 0.5) is 4.79 Å². The number of carbonyl (C=O) groups excluding carboxylic acids is 4. The fourth-order valence-electron chi connectivity index (χ4n) is 4.48. The van der Waals surface area contributed by atoms with Crippen LogP contribution in [0.15, 0.2) is 48.5 Å². The van der Waals surface area contributed by atoms with Gasteiger partial charge in [0.25, 0.3) is 0 Å². The standard InChI is InChI=1S/C30H40N4O5/c1-19-11-14-23(20(2)17-19)26(27(36)32-18-21-9-7-6-8-10-21)34(22-12-13-22)28(37)24(15-16-25(31)35)33-29(38)39-30(3,4)5/h6-11,14,17,22,24,26H,12-13,15-16,18H2,1-5H3,(H2,31,35)(H,32,36)(H,33,38). The summed E-state index contributed by atoms with van der Waals surface area (Å²) in [6.07, 6.45) is 0.557. The molecule has 0 spiro atoms.